The number of thiazole rings is 1. The molecule has 0 atom stereocenters. The molecule has 0 radical (unpaired) electrons. The summed E-state index contributed by atoms with van der Waals surface area (Å²) in [6, 6.07) is 6.44. The molecule has 0 saturated heterocycles. The van der Waals surface area contributed by atoms with Crippen molar-refractivity contribution in [2.24, 2.45) is 0 Å². The third-order valence-corrected chi connectivity index (χ3v) is 5.53. The number of sulfonamides is 1. The molecule has 3 rings (SSSR count). The van der Waals surface area contributed by atoms with Crippen LogP contribution in [0.1, 0.15) is 10.7 Å². The first kappa shape index (κ1) is 16.6. The highest BCUT2D eigenvalue weighted by Gasteiger charge is 2.21. The van der Waals surface area contributed by atoms with Crippen molar-refractivity contribution in [1.82, 2.24) is 14.9 Å². The summed E-state index contributed by atoms with van der Waals surface area (Å²) in [5.74, 6) is 0.726. The average molecular weight is 365 g/mol. The fourth-order valence-electron chi connectivity index (χ4n) is 2.14. The molecule has 0 bridgehead atoms. The van der Waals surface area contributed by atoms with Gasteiger partial charge in [0, 0.05) is 17.0 Å². The van der Waals surface area contributed by atoms with Crippen molar-refractivity contribution >= 4 is 21.4 Å². The number of benzene rings is 1. The van der Waals surface area contributed by atoms with Gasteiger partial charge in [-0.25, -0.2) is 18.1 Å². The Kier molecular flexibility index (Phi) is 4.65. The molecular formula is C15H15N3O4S2. The van der Waals surface area contributed by atoms with E-state index in [9.17, 15) is 8.42 Å². The molecule has 0 aliphatic rings. The predicted octanol–water partition coefficient (Wildman–Crippen LogP) is 2.59. The van der Waals surface area contributed by atoms with Crippen LogP contribution in [0, 0.1) is 6.92 Å². The normalized spacial score (nSPS) is 11.6. The highest BCUT2D eigenvalue weighted by Crippen LogP contribution is 2.29. The van der Waals surface area contributed by atoms with E-state index in [1.165, 1.54) is 30.7 Å². The molecule has 126 valence electrons. The summed E-state index contributed by atoms with van der Waals surface area (Å²) in [6.07, 6.45) is 1.50. The van der Waals surface area contributed by atoms with Gasteiger partial charge in [-0.3, -0.25) is 0 Å². The third-order valence-electron chi connectivity index (χ3n) is 3.29. The van der Waals surface area contributed by atoms with Crippen molar-refractivity contribution in [2.75, 3.05) is 7.11 Å². The lowest BCUT2D eigenvalue weighted by molar-refractivity contribution is 0.402. The van der Waals surface area contributed by atoms with Crippen LogP contribution in [0.15, 0.2) is 45.3 Å². The highest BCUT2D eigenvalue weighted by atomic mass is 32.2. The van der Waals surface area contributed by atoms with Crippen molar-refractivity contribution in [1.29, 1.82) is 0 Å². The van der Waals surface area contributed by atoms with Gasteiger partial charge in [0.1, 0.15) is 10.6 Å². The maximum Gasteiger partial charge on any atom is 0.244 e. The lowest BCUT2D eigenvalue weighted by atomic mass is 10.2. The first-order valence-electron chi connectivity index (χ1n) is 6.99. The quantitative estimate of drug-likeness (QED) is 0.721. The summed E-state index contributed by atoms with van der Waals surface area (Å²) in [5, 5.41) is 6.34. The molecule has 1 aromatic carbocycles. The SMILES string of the molecule is COc1ccc(-c2ccno2)cc1S(=O)(=O)NCc1csc(C)n1. The van der Waals surface area contributed by atoms with Crippen LogP contribution >= 0.6 is 11.3 Å². The Morgan fingerprint density at radius 3 is 2.79 bits per heavy atom. The molecule has 2 aromatic heterocycles. The van der Waals surface area contributed by atoms with Crippen LogP contribution < -0.4 is 9.46 Å². The van der Waals surface area contributed by atoms with Crippen LogP contribution in [0.3, 0.4) is 0 Å². The van der Waals surface area contributed by atoms with Gasteiger partial charge in [0.15, 0.2) is 5.76 Å². The molecule has 0 fully saturated rings. The van der Waals surface area contributed by atoms with Crippen LogP contribution in [-0.2, 0) is 16.6 Å². The summed E-state index contributed by atoms with van der Waals surface area (Å²) in [7, 11) is -2.36. The van der Waals surface area contributed by atoms with Gasteiger partial charge in [0.05, 0.1) is 30.6 Å². The maximum absolute atomic E-state index is 12.7. The molecule has 0 spiro atoms. The Morgan fingerprint density at radius 2 is 2.17 bits per heavy atom. The van der Waals surface area contributed by atoms with E-state index >= 15 is 0 Å². The topological polar surface area (TPSA) is 94.3 Å². The first-order valence-corrected chi connectivity index (χ1v) is 9.35. The van der Waals surface area contributed by atoms with E-state index in [0.717, 1.165) is 5.01 Å². The van der Waals surface area contributed by atoms with Crippen LogP contribution in [0.2, 0.25) is 0 Å². The minimum absolute atomic E-state index is 0.0332. The molecule has 0 amide bonds. The van der Waals surface area contributed by atoms with Gasteiger partial charge in [-0.1, -0.05) is 5.16 Å². The van der Waals surface area contributed by atoms with E-state index in [1.54, 1.807) is 18.2 Å². The van der Waals surface area contributed by atoms with Crippen molar-refractivity contribution in [2.45, 2.75) is 18.4 Å². The zero-order valence-electron chi connectivity index (χ0n) is 13.0. The summed E-state index contributed by atoms with van der Waals surface area (Å²) in [5.41, 5.74) is 1.27. The Bertz CT molecular complexity index is 934. The average Bonchev–Trinajstić information content (AvgIpc) is 3.24. The van der Waals surface area contributed by atoms with E-state index < -0.39 is 10.0 Å². The second-order valence-electron chi connectivity index (χ2n) is 4.92. The van der Waals surface area contributed by atoms with Gasteiger partial charge in [0.2, 0.25) is 10.0 Å². The van der Waals surface area contributed by atoms with Crippen LogP contribution in [0.25, 0.3) is 11.3 Å². The number of ether oxygens (including phenoxy) is 1. The molecule has 24 heavy (non-hydrogen) atoms. The Labute approximate surface area is 143 Å². The van der Waals surface area contributed by atoms with E-state index in [0.29, 0.717) is 17.0 Å². The van der Waals surface area contributed by atoms with Gasteiger partial charge in [-0.2, -0.15) is 0 Å². The maximum atomic E-state index is 12.7. The van der Waals surface area contributed by atoms with Gasteiger partial charge in [-0.05, 0) is 25.1 Å². The zero-order valence-corrected chi connectivity index (χ0v) is 14.6. The largest absolute Gasteiger partial charge is 0.495 e. The van der Waals surface area contributed by atoms with Crippen LogP contribution in [0.4, 0.5) is 0 Å². The molecule has 9 heteroatoms. The minimum Gasteiger partial charge on any atom is -0.495 e. The number of aromatic nitrogens is 2. The monoisotopic (exact) mass is 365 g/mol. The second kappa shape index (κ2) is 6.71. The van der Waals surface area contributed by atoms with Crippen molar-refractivity contribution in [3.63, 3.8) is 0 Å². The molecular weight excluding hydrogens is 350 g/mol. The molecule has 7 nitrogen and oxygen atoms in total. The Hall–Kier alpha value is -2.23. The fourth-order valence-corrected chi connectivity index (χ4v) is 3.95. The minimum atomic E-state index is -3.78. The summed E-state index contributed by atoms with van der Waals surface area (Å²) >= 11 is 1.47. The summed E-state index contributed by atoms with van der Waals surface area (Å²) in [6.45, 7) is 1.98. The molecule has 0 aliphatic carbocycles. The van der Waals surface area contributed by atoms with Gasteiger partial charge < -0.3 is 9.26 Å². The van der Waals surface area contributed by atoms with Crippen molar-refractivity contribution < 1.29 is 17.7 Å². The highest BCUT2D eigenvalue weighted by molar-refractivity contribution is 7.89. The van der Waals surface area contributed by atoms with E-state index in [4.69, 9.17) is 9.26 Å². The number of nitrogens with one attached hydrogen (secondary N) is 1. The number of rotatable bonds is 6. The molecule has 0 saturated carbocycles. The molecule has 3 aromatic rings. The number of hydrogen-bond donors (Lipinski definition) is 1. The van der Waals surface area contributed by atoms with Gasteiger partial charge >= 0.3 is 0 Å². The lowest BCUT2D eigenvalue weighted by Gasteiger charge is -2.11. The molecule has 2 heterocycles. The molecule has 1 N–H and O–H groups in total. The number of aryl methyl sites for hydroxylation is 1. The number of methoxy groups -OCH3 is 1. The van der Waals surface area contributed by atoms with Crippen molar-refractivity contribution in [3.8, 4) is 17.1 Å². The fraction of sp³-hybridized carbons (Fsp3) is 0.200. The van der Waals surface area contributed by atoms with Gasteiger partial charge in [0.25, 0.3) is 0 Å². The summed E-state index contributed by atoms with van der Waals surface area (Å²) in [4.78, 5) is 4.28. The Morgan fingerprint density at radius 1 is 1.33 bits per heavy atom. The Balaban J connectivity index is 1.91. The van der Waals surface area contributed by atoms with Crippen LogP contribution in [-0.4, -0.2) is 25.7 Å². The smallest absolute Gasteiger partial charge is 0.244 e. The van der Waals surface area contributed by atoms with E-state index in [1.807, 2.05) is 12.3 Å². The molecule has 0 aliphatic heterocycles. The molecule has 0 unspecified atom stereocenters. The van der Waals surface area contributed by atoms with Gasteiger partial charge in [-0.15, -0.1) is 11.3 Å². The van der Waals surface area contributed by atoms with E-state index in [2.05, 4.69) is 14.9 Å². The van der Waals surface area contributed by atoms with E-state index in [-0.39, 0.29) is 17.2 Å². The third kappa shape index (κ3) is 3.48. The predicted molar refractivity (Wildman–Crippen MR) is 89.4 cm³/mol. The summed E-state index contributed by atoms with van der Waals surface area (Å²) < 4.78 is 38.1. The van der Waals surface area contributed by atoms with Crippen LogP contribution in [0.5, 0.6) is 5.75 Å². The first-order chi connectivity index (χ1) is 11.5. The standard InChI is InChI=1S/C15H15N3O4S2/c1-10-18-12(9-23-10)8-17-24(19,20)15-7-11(3-4-14(15)21-2)13-5-6-16-22-13/h3-7,9,17H,8H2,1-2H3. The zero-order chi connectivity index (χ0) is 17.2. The second-order valence-corrected chi connectivity index (χ2v) is 7.72. The number of hydrogen-bond acceptors (Lipinski definition) is 7. The lowest BCUT2D eigenvalue weighted by Crippen LogP contribution is -2.24. The number of nitrogens with zero attached hydrogens (tertiary/aromatic N) is 2. The van der Waals surface area contributed by atoms with Crippen molar-refractivity contribution in [3.05, 3.63) is 46.5 Å².